The molecule has 4 N–H and O–H groups in total. The number of amides is 1. The number of amidine groups is 1. The fourth-order valence-electron chi connectivity index (χ4n) is 1.59. The zero-order chi connectivity index (χ0) is 13.4. The predicted molar refractivity (Wildman–Crippen MR) is 70.5 cm³/mol. The molecule has 0 unspecified atom stereocenters. The molecule has 0 aromatic heterocycles. The van der Waals surface area contributed by atoms with Crippen molar-refractivity contribution in [2.75, 3.05) is 6.54 Å². The summed E-state index contributed by atoms with van der Waals surface area (Å²) < 4.78 is 0. The number of hydrogen-bond acceptors (Lipinski definition) is 3. The number of rotatable bonds is 6. The Labute approximate surface area is 107 Å². The van der Waals surface area contributed by atoms with Gasteiger partial charge < -0.3 is 16.3 Å². The molecule has 0 atom stereocenters. The monoisotopic (exact) mass is 249 g/mol. The molecule has 0 spiro atoms. The highest BCUT2D eigenvalue weighted by Gasteiger charge is 2.04. The zero-order valence-corrected chi connectivity index (χ0v) is 10.5. The average Bonchev–Trinajstić information content (AvgIpc) is 2.37. The smallest absolute Gasteiger partial charge is 0.224 e. The van der Waals surface area contributed by atoms with Crippen LogP contribution in [0.15, 0.2) is 29.4 Å². The third-order valence-corrected chi connectivity index (χ3v) is 2.67. The largest absolute Gasteiger partial charge is 0.409 e. The lowest BCUT2D eigenvalue weighted by atomic mass is 10.1. The van der Waals surface area contributed by atoms with Crippen LogP contribution in [0.25, 0.3) is 0 Å². The summed E-state index contributed by atoms with van der Waals surface area (Å²) in [5, 5.41) is 14.0. The van der Waals surface area contributed by atoms with E-state index < -0.39 is 0 Å². The molecule has 0 saturated carbocycles. The number of nitrogens with zero attached hydrogens (tertiary/aromatic N) is 1. The van der Waals surface area contributed by atoms with Gasteiger partial charge in [0.15, 0.2) is 0 Å². The van der Waals surface area contributed by atoms with Crippen LogP contribution in [0.1, 0.15) is 24.0 Å². The van der Waals surface area contributed by atoms with E-state index in [0.717, 1.165) is 11.1 Å². The molecular formula is C13H19N3O2. The number of aryl methyl sites for hydroxylation is 1. The summed E-state index contributed by atoms with van der Waals surface area (Å²) in [5.74, 6) is 0.173. The van der Waals surface area contributed by atoms with Crippen LogP contribution < -0.4 is 11.1 Å². The third kappa shape index (κ3) is 4.86. The SMILES string of the molecule is Cc1ccccc1CC(=O)NCCCC(N)=NO. The Hall–Kier alpha value is -2.04. The topological polar surface area (TPSA) is 87.7 Å². The van der Waals surface area contributed by atoms with E-state index in [1.165, 1.54) is 0 Å². The number of carbonyl (C=O) groups is 1. The Bertz CT molecular complexity index is 430. The highest BCUT2D eigenvalue weighted by molar-refractivity contribution is 5.80. The van der Waals surface area contributed by atoms with Crippen LogP contribution >= 0.6 is 0 Å². The Morgan fingerprint density at radius 1 is 1.44 bits per heavy atom. The summed E-state index contributed by atoms with van der Waals surface area (Å²) in [6.45, 7) is 2.52. The van der Waals surface area contributed by atoms with Crippen molar-refractivity contribution < 1.29 is 10.0 Å². The summed E-state index contributed by atoms with van der Waals surface area (Å²) in [4.78, 5) is 11.7. The van der Waals surface area contributed by atoms with Gasteiger partial charge in [0, 0.05) is 13.0 Å². The highest BCUT2D eigenvalue weighted by atomic mass is 16.4. The zero-order valence-electron chi connectivity index (χ0n) is 10.5. The van der Waals surface area contributed by atoms with Crippen molar-refractivity contribution in [2.24, 2.45) is 10.9 Å². The molecule has 0 saturated heterocycles. The molecule has 1 aromatic carbocycles. The highest BCUT2D eigenvalue weighted by Crippen LogP contribution is 2.07. The van der Waals surface area contributed by atoms with Gasteiger partial charge in [-0.25, -0.2) is 0 Å². The Kier molecular flexibility index (Phi) is 5.70. The number of hydrogen-bond donors (Lipinski definition) is 3. The summed E-state index contributed by atoms with van der Waals surface area (Å²) in [7, 11) is 0. The van der Waals surface area contributed by atoms with Crippen LogP contribution in [0.2, 0.25) is 0 Å². The minimum Gasteiger partial charge on any atom is -0.409 e. The van der Waals surface area contributed by atoms with Gasteiger partial charge in [0.2, 0.25) is 5.91 Å². The van der Waals surface area contributed by atoms with Crippen molar-refractivity contribution >= 4 is 11.7 Å². The molecule has 0 aliphatic rings. The molecule has 1 rings (SSSR count). The van der Waals surface area contributed by atoms with Crippen molar-refractivity contribution in [3.63, 3.8) is 0 Å². The van der Waals surface area contributed by atoms with Gasteiger partial charge >= 0.3 is 0 Å². The van der Waals surface area contributed by atoms with Gasteiger partial charge in [0.05, 0.1) is 6.42 Å². The van der Waals surface area contributed by atoms with E-state index in [1.54, 1.807) is 0 Å². The van der Waals surface area contributed by atoms with Gasteiger partial charge in [0.1, 0.15) is 5.84 Å². The number of nitrogens with two attached hydrogens (primary N) is 1. The second-order valence-electron chi connectivity index (χ2n) is 4.15. The van der Waals surface area contributed by atoms with Crippen LogP contribution in [0.3, 0.4) is 0 Å². The Morgan fingerprint density at radius 3 is 2.83 bits per heavy atom. The quantitative estimate of drug-likeness (QED) is 0.232. The van der Waals surface area contributed by atoms with Crippen molar-refractivity contribution in [1.82, 2.24) is 5.32 Å². The molecule has 1 amide bonds. The maximum absolute atomic E-state index is 11.7. The van der Waals surface area contributed by atoms with Crippen LogP contribution in [-0.4, -0.2) is 23.5 Å². The maximum atomic E-state index is 11.7. The Morgan fingerprint density at radius 2 is 2.17 bits per heavy atom. The lowest BCUT2D eigenvalue weighted by Crippen LogP contribution is -2.27. The van der Waals surface area contributed by atoms with Crippen LogP contribution in [0.5, 0.6) is 0 Å². The Balaban J connectivity index is 2.28. The van der Waals surface area contributed by atoms with E-state index >= 15 is 0 Å². The fourth-order valence-corrected chi connectivity index (χ4v) is 1.59. The van der Waals surface area contributed by atoms with E-state index in [0.29, 0.717) is 25.8 Å². The molecule has 0 bridgehead atoms. The number of benzene rings is 1. The van der Waals surface area contributed by atoms with Gasteiger partial charge in [-0.2, -0.15) is 0 Å². The molecule has 1 aromatic rings. The first-order chi connectivity index (χ1) is 8.63. The van der Waals surface area contributed by atoms with E-state index in [1.807, 2.05) is 31.2 Å². The van der Waals surface area contributed by atoms with Crippen molar-refractivity contribution in [1.29, 1.82) is 0 Å². The van der Waals surface area contributed by atoms with Crippen LogP contribution in [0.4, 0.5) is 0 Å². The van der Waals surface area contributed by atoms with Gasteiger partial charge in [-0.3, -0.25) is 4.79 Å². The van der Waals surface area contributed by atoms with Gasteiger partial charge in [-0.15, -0.1) is 0 Å². The molecular weight excluding hydrogens is 230 g/mol. The van der Waals surface area contributed by atoms with Crippen molar-refractivity contribution in [3.05, 3.63) is 35.4 Å². The van der Waals surface area contributed by atoms with Gasteiger partial charge in [-0.1, -0.05) is 29.4 Å². The first-order valence-corrected chi connectivity index (χ1v) is 5.91. The van der Waals surface area contributed by atoms with Crippen molar-refractivity contribution in [2.45, 2.75) is 26.2 Å². The fraction of sp³-hybridized carbons (Fsp3) is 0.385. The minimum absolute atomic E-state index is 0.0104. The normalized spacial score (nSPS) is 11.3. The van der Waals surface area contributed by atoms with Crippen molar-refractivity contribution in [3.8, 4) is 0 Å². The molecule has 0 aliphatic carbocycles. The molecule has 0 heterocycles. The molecule has 0 fully saturated rings. The lowest BCUT2D eigenvalue weighted by Gasteiger charge is -2.07. The number of carbonyl (C=O) groups excluding carboxylic acids is 1. The first-order valence-electron chi connectivity index (χ1n) is 5.91. The van der Waals surface area contributed by atoms with E-state index in [4.69, 9.17) is 10.9 Å². The molecule has 5 nitrogen and oxygen atoms in total. The third-order valence-electron chi connectivity index (χ3n) is 2.67. The van der Waals surface area contributed by atoms with Crippen LogP contribution in [0, 0.1) is 6.92 Å². The maximum Gasteiger partial charge on any atom is 0.224 e. The summed E-state index contributed by atoms with van der Waals surface area (Å²) in [6, 6.07) is 7.81. The standard InChI is InChI=1S/C13H19N3O2/c1-10-5-2-3-6-11(10)9-13(17)15-8-4-7-12(14)16-18/h2-3,5-6,18H,4,7-9H2,1H3,(H2,14,16)(H,15,17). The summed E-state index contributed by atoms with van der Waals surface area (Å²) >= 11 is 0. The van der Waals surface area contributed by atoms with Crippen LogP contribution in [-0.2, 0) is 11.2 Å². The number of oxime groups is 1. The summed E-state index contributed by atoms with van der Waals surface area (Å²) in [6.07, 6.45) is 1.52. The van der Waals surface area contributed by atoms with Gasteiger partial charge in [-0.05, 0) is 24.5 Å². The molecule has 0 radical (unpaired) electrons. The molecule has 18 heavy (non-hydrogen) atoms. The lowest BCUT2D eigenvalue weighted by molar-refractivity contribution is -0.120. The van der Waals surface area contributed by atoms with E-state index in [-0.39, 0.29) is 11.7 Å². The second kappa shape index (κ2) is 7.32. The second-order valence-corrected chi connectivity index (χ2v) is 4.15. The number of nitrogens with one attached hydrogen (secondary N) is 1. The minimum atomic E-state index is -0.0104. The average molecular weight is 249 g/mol. The molecule has 0 aliphatic heterocycles. The predicted octanol–water partition coefficient (Wildman–Crippen LogP) is 1.18. The van der Waals surface area contributed by atoms with E-state index in [2.05, 4.69) is 10.5 Å². The first kappa shape index (κ1) is 14.0. The molecule has 5 heteroatoms. The van der Waals surface area contributed by atoms with E-state index in [9.17, 15) is 4.79 Å². The van der Waals surface area contributed by atoms with Gasteiger partial charge in [0.25, 0.3) is 0 Å². The molecule has 98 valence electrons. The summed E-state index contributed by atoms with van der Waals surface area (Å²) in [5.41, 5.74) is 7.47.